The smallest absolute Gasteiger partial charge is 0.322 e. The SMILES string of the molecule is COC(=O)C(C)N.c1cscn1. The van der Waals surface area contributed by atoms with Crippen molar-refractivity contribution in [2.24, 2.45) is 5.73 Å². The van der Waals surface area contributed by atoms with E-state index < -0.39 is 6.04 Å². The third-order valence-corrected chi connectivity index (χ3v) is 1.44. The molecule has 1 heterocycles. The van der Waals surface area contributed by atoms with E-state index in [-0.39, 0.29) is 5.97 Å². The number of nitrogens with two attached hydrogens (primary N) is 1. The van der Waals surface area contributed by atoms with Gasteiger partial charge in [0.1, 0.15) is 6.04 Å². The lowest BCUT2D eigenvalue weighted by atomic mass is 10.4. The summed E-state index contributed by atoms with van der Waals surface area (Å²) >= 11 is 1.60. The molecule has 5 heteroatoms. The largest absolute Gasteiger partial charge is 0.468 e. The number of hydrogen-bond acceptors (Lipinski definition) is 5. The van der Waals surface area contributed by atoms with Gasteiger partial charge >= 0.3 is 5.97 Å². The maximum Gasteiger partial charge on any atom is 0.322 e. The molecule has 0 aliphatic rings. The van der Waals surface area contributed by atoms with Gasteiger partial charge in [-0.2, -0.15) is 0 Å². The lowest BCUT2D eigenvalue weighted by Gasteiger charge is -1.98. The molecule has 1 aromatic heterocycles. The highest BCUT2D eigenvalue weighted by Gasteiger charge is 2.03. The molecule has 12 heavy (non-hydrogen) atoms. The highest BCUT2D eigenvalue weighted by atomic mass is 32.1. The van der Waals surface area contributed by atoms with Gasteiger partial charge in [-0.15, -0.1) is 11.3 Å². The van der Waals surface area contributed by atoms with Crippen molar-refractivity contribution in [3.8, 4) is 0 Å². The van der Waals surface area contributed by atoms with Gasteiger partial charge in [0.2, 0.25) is 0 Å². The Morgan fingerprint density at radius 3 is 2.50 bits per heavy atom. The van der Waals surface area contributed by atoms with Gasteiger partial charge in [0, 0.05) is 11.6 Å². The standard InChI is InChI=1S/C4H9NO2.C3H3NS/c1-3(5)4(6)7-2;1-2-5-3-4-1/h3H,5H2,1-2H3;1-3H. The second kappa shape index (κ2) is 6.75. The molecule has 0 aliphatic heterocycles. The molecule has 1 unspecified atom stereocenters. The Bertz CT molecular complexity index is 182. The first kappa shape index (κ1) is 11.1. The predicted molar refractivity (Wildman–Crippen MR) is 47.8 cm³/mol. The van der Waals surface area contributed by atoms with Crippen molar-refractivity contribution in [1.82, 2.24) is 4.98 Å². The van der Waals surface area contributed by atoms with Crippen LogP contribution in [0.2, 0.25) is 0 Å². The van der Waals surface area contributed by atoms with Gasteiger partial charge in [-0.25, -0.2) is 0 Å². The molecule has 2 N–H and O–H groups in total. The Balaban J connectivity index is 0.000000211. The molecule has 0 saturated carbocycles. The number of aromatic nitrogens is 1. The van der Waals surface area contributed by atoms with Gasteiger partial charge < -0.3 is 10.5 Å². The number of thiazole rings is 1. The molecule has 0 saturated heterocycles. The van der Waals surface area contributed by atoms with Crippen LogP contribution in [0.15, 0.2) is 17.1 Å². The molecule has 1 atom stereocenters. The van der Waals surface area contributed by atoms with Gasteiger partial charge in [0.15, 0.2) is 0 Å². The zero-order valence-corrected chi connectivity index (χ0v) is 7.88. The summed E-state index contributed by atoms with van der Waals surface area (Å²) in [5.41, 5.74) is 6.86. The molecule has 1 rings (SSSR count). The first-order valence-electron chi connectivity index (χ1n) is 3.34. The summed E-state index contributed by atoms with van der Waals surface area (Å²) in [4.78, 5) is 13.9. The van der Waals surface area contributed by atoms with Crippen LogP contribution >= 0.6 is 11.3 Å². The third-order valence-electron chi connectivity index (χ3n) is 0.920. The number of nitrogens with zero attached hydrogens (tertiary/aromatic N) is 1. The zero-order valence-electron chi connectivity index (χ0n) is 7.06. The molecular weight excluding hydrogens is 176 g/mol. The third kappa shape index (κ3) is 5.82. The lowest BCUT2D eigenvalue weighted by Crippen LogP contribution is -2.27. The van der Waals surface area contributed by atoms with Crippen molar-refractivity contribution in [2.45, 2.75) is 13.0 Å². The van der Waals surface area contributed by atoms with E-state index in [2.05, 4.69) is 9.72 Å². The fourth-order valence-electron chi connectivity index (χ4n) is 0.362. The molecule has 0 spiro atoms. The van der Waals surface area contributed by atoms with Crippen molar-refractivity contribution < 1.29 is 9.53 Å². The first-order chi connectivity index (χ1) is 5.68. The normalized spacial score (nSPS) is 10.9. The lowest BCUT2D eigenvalue weighted by molar-refractivity contribution is -0.141. The minimum absolute atomic E-state index is 0.375. The van der Waals surface area contributed by atoms with Crippen molar-refractivity contribution in [2.75, 3.05) is 7.11 Å². The number of ether oxygens (including phenoxy) is 1. The highest BCUT2D eigenvalue weighted by molar-refractivity contribution is 7.07. The molecular formula is C7H12N2O2S. The van der Waals surface area contributed by atoms with E-state index in [0.717, 1.165) is 0 Å². The maximum absolute atomic E-state index is 10.2. The summed E-state index contributed by atoms with van der Waals surface area (Å²) in [6, 6.07) is -0.495. The van der Waals surface area contributed by atoms with Crippen molar-refractivity contribution in [3.05, 3.63) is 17.1 Å². The van der Waals surface area contributed by atoms with Crippen molar-refractivity contribution in [3.63, 3.8) is 0 Å². The fourth-order valence-corrected chi connectivity index (χ4v) is 0.713. The minimum atomic E-state index is -0.495. The topological polar surface area (TPSA) is 65.2 Å². The van der Waals surface area contributed by atoms with Crippen LogP contribution in [-0.2, 0) is 9.53 Å². The second-order valence-electron chi connectivity index (χ2n) is 1.99. The van der Waals surface area contributed by atoms with Crippen LogP contribution in [0.1, 0.15) is 6.92 Å². The Labute approximate surface area is 75.4 Å². The molecule has 0 amide bonds. The van der Waals surface area contributed by atoms with Crippen molar-refractivity contribution in [1.29, 1.82) is 0 Å². The molecule has 1 aromatic rings. The van der Waals surface area contributed by atoms with E-state index in [9.17, 15) is 4.79 Å². The summed E-state index contributed by atoms with van der Waals surface area (Å²) in [6.07, 6.45) is 1.77. The summed E-state index contributed by atoms with van der Waals surface area (Å²) in [5.74, 6) is -0.375. The van der Waals surface area contributed by atoms with Crippen LogP contribution in [0, 0.1) is 0 Å². The molecule has 0 radical (unpaired) electrons. The van der Waals surface area contributed by atoms with Crippen LogP contribution in [0.25, 0.3) is 0 Å². The number of carbonyl (C=O) groups is 1. The van der Waals surface area contributed by atoms with Crippen LogP contribution in [0.3, 0.4) is 0 Å². The van der Waals surface area contributed by atoms with Crippen LogP contribution in [-0.4, -0.2) is 24.1 Å². The van der Waals surface area contributed by atoms with E-state index in [1.165, 1.54) is 7.11 Å². The van der Waals surface area contributed by atoms with Gasteiger partial charge in [0.05, 0.1) is 12.6 Å². The number of methoxy groups -OCH3 is 1. The molecule has 0 aromatic carbocycles. The van der Waals surface area contributed by atoms with E-state index in [0.29, 0.717) is 0 Å². The summed E-state index contributed by atoms with van der Waals surface area (Å²) in [6.45, 7) is 1.58. The summed E-state index contributed by atoms with van der Waals surface area (Å²) in [7, 11) is 1.31. The average molecular weight is 188 g/mol. The molecule has 0 fully saturated rings. The Kier molecular flexibility index (Phi) is 6.22. The van der Waals surface area contributed by atoms with Crippen LogP contribution in [0.4, 0.5) is 0 Å². The minimum Gasteiger partial charge on any atom is -0.468 e. The fraction of sp³-hybridized carbons (Fsp3) is 0.429. The quantitative estimate of drug-likeness (QED) is 0.657. The second-order valence-corrected chi connectivity index (χ2v) is 2.74. The average Bonchev–Trinajstić information content (AvgIpc) is 2.59. The Morgan fingerprint density at radius 1 is 1.75 bits per heavy atom. The summed E-state index contributed by atoms with van der Waals surface area (Å²) < 4.78 is 4.25. The number of hydrogen-bond donors (Lipinski definition) is 1. The number of esters is 1. The Hall–Kier alpha value is -0.940. The highest BCUT2D eigenvalue weighted by Crippen LogP contribution is 1.85. The first-order valence-corrected chi connectivity index (χ1v) is 4.28. The van der Waals surface area contributed by atoms with Crippen molar-refractivity contribution >= 4 is 17.3 Å². The van der Waals surface area contributed by atoms with Gasteiger partial charge in [-0.3, -0.25) is 9.78 Å². The van der Waals surface area contributed by atoms with Gasteiger partial charge in [-0.05, 0) is 6.92 Å². The maximum atomic E-state index is 10.2. The van der Waals surface area contributed by atoms with E-state index in [4.69, 9.17) is 5.73 Å². The Morgan fingerprint density at radius 2 is 2.42 bits per heavy atom. The van der Waals surface area contributed by atoms with E-state index in [1.807, 2.05) is 5.38 Å². The molecule has 68 valence electrons. The zero-order chi connectivity index (χ0) is 9.40. The van der Waals surface area contributed by atoms with Gasteiger partial charge in [0.25, 0.3) is 0 Å². The molecule has 0 bridgehead atoms. The van der Waals surface area contributed by atoms with Crippen LogP contribution in [0.5, 0.6) is 0 Å². The van der Waals surface area contributed by atoms with Gasteiger partial charge in [-0.1, -0.05) is 0 Å². The predicted octanol–water partition coefficient (Wildman–Crippen LogP) is 0.650. The number of rotatable bonds is 1. The monoisotopic (exact) mass is 188 g/mol. The number of carbonyl (C=O) groups excluding carboxylic acids is 1. The molecule has 0 aliphatic carbocycles. The van der Waals surface area contributed by atoms with E-state index >= 15 is 0 Å². The summed E-state index contributed by atoms with van der Waals surface area (Å²) in [5, 5.41) is 1.93. The molecule has 4 nitrogen and oxygen atoms in total. The van der Waals surface area contributed by atoms with E-state index in [1.54, 1.807) is 30.0 Å². The van der Waals surface area contributed by atoms with Crippen LogP contribution < -0.4 is 5.73 Å².